The van der Waals surface area contributed by atoms with Gasteiger partial charge in [0.2, 0.25) is 5.91 Å². The van der Waals surface area contributed by atoms with Gasteiger partial charge in [-0.15, -0.1) is 0 Å². The fraction of sp³-hybridized carbons (Fsp3) is 0.800. The van der Waals surface area contributed by atoms with E-state index in [1.54, 1.807) is 20.8 Å². The van der Waals surface area contributed by atoms with Crippen molar-refractivity contribution in [2.75, 3.05) is 6.61 Å². The summed E-state index contributed by atoms with van der Waals surface area (Å²) in [5.74, 6) is -0.759. The minimum atomic E-state index is -0.898. The maximum Gasteiger partial charge on any atom is 0.408 e. The Bertz CT molecular complexity index is 612. The van der Waals surface area contributed by atoms with Crippen molar-refractivity contribution in [1.82, 2.24) is 10.2 Å². The smallest absolute Gasteiger partial charge is 0.408 e. The van der Waals surface area contributed by atoms with Crippen molar-refractivity contribution in [2.45, 2.75) is 96.4 Å². The number of rotatable bonds is 5. The molecule has 2 fully saturated rings. The van der Waals surface area contributed by atoms with Crippen LogP contribution in [0.25, 0.3) is 0 Å². The molecular weight excluding hydrogens is 364 g/mol. The number of ether oxygens (including phenoxy) is 2. The third kappa shape index (κ3) is 5.94. The number of fused-ring (bicyclic) bond motifs is 1. The molecule has 1 N–H and O–H groups in total. The van der Waals surface area contributed by atoms with Crippen molar-refractivity contribution in [3.8, 4) is 0 Å². The van der Waals surface area contributed by atoms with Gasteiger partial charge in [-0.25, -0.2) is 9.59 Å². The van der Waals surface area contributed by atoms with Gasteiger partial charge in [-0.3, -0.25) is 9.59 Å². The number of Topliss-reactive ketones (excluding diaryl/α,β-unsaturated/α-hetero) is 1. The van der Waals surface area contributed by atoms with Gasteiger partial charge in [0.05, 0.1) is 6.61 Å². The van der Waals surface area contributed by atoms with Crippen LogP contribution in [0.2, 0.25) is 0 Å². The largest absolute Gasteiger partial charge is 0.464 e. The Balaban J connectivity index is 2.14. The summed E-state index contributed by atoms with van der Waals surface area (Å²) in [6, 6.07) is -1.93. The highest BCUT2D eigenvalue weighted by Crippen LogP contribution is 2.31. The average molecular weight is 396 g/mol. The van der Waals surface area contributed by atoms with Gasteiger partial charge in [-0.1, -0.05) is 13.3 Å². The second-order valence-corrected chi connectivity index (χ2v) is 8.49. The summed E-state index contributed by atoms with van der Waals surface area (Å²) < 4.78 is 10.6. The number of nitrogens with one attached hydrogen (secondary N) is 1. The third-order valence-electron chi connectivity index (χ3n) is 4.94. The average Bonchev–Trinajstić information content (AvgIpc) is 2.98. The topological polar surface area (TPSA) is 102 Å². The van der Waals surface area contributed by atoms with Crippen molar-refractivity contribution < 1.29 is 28.7 Å². The van der Waals surface area contributed by atoms with Crippen molar-refractivity contribution in [1.29, 1.82) is 0 Å². The normalized spacial score (nSPS) is 25.6. The van der Waals surface area contributed by atoms with Gasteiger partial charge in [-0.2, -0.15) is 0 Å². The number of esters is 1. The van der Waals surface area contributed by atoms with E-state index in [4.69, 9.17) is 9.47 Å². The SMILES string of the molecule is CCCCOC(=O)[C@@H]1CC[C@@H]2CC(=O)CC[C@H](NC(=O)OC(C)(C)C)C(=O)N21. The molecule has 8 nitrogen and oxygen atoms in total. The fourth-order valence-corrected chi connectivity index (χ4v) is 3.62. The lowest BCUT2D eigenvalue weighted by Crippen LogP contribution is -2.56. The zero-order valence-electron chi connectivity index (χ0n) is 17.3. The minimum absolute atomic E-state index is 0.0264. The van der Waals surface area contributed by atoms with Crippen LogP contribution < -0.4 is 5.32 Å². The van der Waals surface area contributed by atoms with E-state index in [1.807, 2.05) is 6.92 Å². The van der Waals surface area contributed by atoms with Crippen LogP contribution in [0.1, 0.15) is 72.6 Å². The maximum atomic E-state index is 13.2. The number of hydrogen-bond donors (Lipinski definition) is 1. The molecule has 0 aromatic carbocycles. The molecule has 0 bridgehead atoms. The monoisotopic (exact) mass is 396 g/mol. The molecular formula is C20H32N2O6. The van der Waals surface area contributed by atoms with E-state index >= 15 is 0 Å². The molecule has 158 valence electrons. The Labute approximate surface area is 166 Å². The standard InChI is InChI=1S/C20H32N2O6/c1-5-6-11-27-18(25)16-10-7-13-12-14(23)8-9-15(17(24)22(13)16)21-19(26)28-20(2,3)4/h13,15-16H,5-12H2,1-4H3,(H,21,26)/t13-,15+,16+/m1/s1. The van der Waals surface area contributed by atoms with Crippen molar-refractivity contribution in [2.24, 2.45) is 0 Å². The lowest BCUT2D eigenvalue weighted by molar-refractivity contribution is -0.156. The molecule has 0 saturated carbocycles. The van der Waals surface area contributed by atoms with E-state index < -0.39 is 29.7 Å². The molecule has 0 aromatic rings. The first-order chi connectivity index (χ1) is 13.1. The van der Waals surface area contributed by atoms with E-state index in [-0.39, 0.29) is 37.0 Å². The summed E-state index contributed by atoms with van der Waals surface area (Å²) in [6.45, 7) is 7.51. The summed E-state index contributed by atoms with van der Waals surface area (Å²) in [5, 5.41) is 2.58. The molecule has 2 aliphatic heterocycles. The predicted octanol–water partition coefficient (Wildman–Crippen LogP) is 2.34. The molecule has 0 aliphatic carbocycles. The highest BCUT2D eigenvalue weighted by molar-refractivity contribution is 5.92. The molecule has 2 aliphatic rings. The van der Waals surface area contributed by atoms with Crippen LogP contribution in [0.15, 0.2) is 0 Å². The molecule has 2 amide bonds. The van der Waals surface area contributed by atoms with E-state index in [0.29, 0.717) is 19.4 Å². The fourth-order valence-electron chi connectivity index (χ4n) is 3.62. The number of hydrogen-bond acceptors (Lipinski definition) is 6. The number of carbonyl (C=O) groups excluding carboxylic acids is 4. The van der Waals surface area contributed by atoms with Crippen molar-refractivity contribution in [3.05, 3.63) is 0 Å². The zero-order chi connectivity index (χ0) is 20.9. The Morgan fingerprint density at radius 2 is 1.89 bits per heavy atom. The van der Waals surface area contributed by atoms with E-state index in [1.165, 1.54) is 4.90 Å². The summed E-state index contributed by atoms with van der Waals surface area (Å²) >= 11 is 0. The lowest BCUT2D eigenvalue weighted by Gasteiger charge is -2.34. The summed E-state index contributed by atoms with van der Waals surface area (Å²) in [4.78, 5) is 51.5. The van der Waals surface area contributed by atoms with Crippen LogP contribution in [0, 0.1) is 0 Å². The molecule has 3 atom stereocenters. The number of alkyl carbamates (subject to hydrolysis) is 1. The number of ketones is 1. The van der Waals surface area contributed by atoms with E-state index in [0.717, 1.165) is 12.8 Å². The quantitative estimate of drug-likeness (QED) is 0.565. The molecule has 0 spiro atoms. The second kappa shape index (κ2) is 9.39. The van der Waals surface area contributed by atoms with Gasteiger partial charge >= 0.3 is 12.1 Å². The Kier molecular flexibility index (Phi) is 7.43. The van der Waals surface area contributed by atoms with Gasteiger partial charge < -0.3 is 19.7 Å². The highest BCUT2D eigenvalue weighted by Gasteiger charge is 2.46. The van der Waals surface area contributed by atoms with E-state index in [2.05, 4.69) is 5.32 Å². The van der Waals surface area contributed by atoms with Crippen LogP contribution in [-0.4, -0.2) is 59.0 Å². The molecule has 2 rings (SSSR count). The molecule has 0 unspecified atom stereocenters. The molecule has 2 saturated heterocycles. The Morgan fingerprint density at radius 3 is 2.54 bits per heavy atom. The van der Waals surface area contributed by atoms with Crippen molar-refractivity contribution in [3.63, 3.8) is 0 Å². The van der Waals surface area contributed by atoms with Gasteiger partial charge in [0.15, 0.2) is 0 Å². The molecule has 0 aromatic heterocycles. The Morgan fingerprint density at radius 1 is 1.18 bits per heavy atom. The molecule has 28 heavy (non-hydrogen) atoms. The predicted molar refractivity (Wildman–Crippen MR) is 102 cm³/mol. The first-order valence-electron chi connectivity index (χ1n) is 10.1. The minimum Gasteiger partial charge on any atom is -0.464 e. The van der Waals surface area contributed by atoms with Gasteiger partial charge in [-0.05, 0) is 46.5 Å². The Hall–Kier alpha value is -2.12. The summed E-state index contributed by atoms with van der Waals surface area (Å²) in [5.41, 5.74) is -0.702. The lowest BCUT2D eigenvalue weighted by atomic mass is 9.98. The van der Waals surface area contributed by atoms with Gasteiger partial charge in [0.1, 0.15) is 23.5 Å². The van der Waals surface area contributed by atoms with Crippen LogP contribution >= 0.6 is 0 Å². The third-order valence-corrected chi connectivity index (χ3v) is 4.94. The first-order valence-corrected chi connectivity index (χ1v) is 10.1. The summed E-state index contributed by atoms with van der Waals surface area (Å²) in [6.07, 6.45) is 2.63. The molecule has 2 heterocycles. The second-order valence-electron chi connectivity index (χ2n) is 8.49. The van der Waals surface area contributed by atoms with Crippen LogP contribution in [0.5, 0.6) is 0 Å². The maximum absolute atomic E-state index is 13.2. The van der Waals surface area contributed by atoms with Gasteiger partial charge in [0, 0.05) is 18.9 Å². The van der Waals surface area contributed by atoms with Gasteiger partial charge in [0.25, 0.3) is 0 Å². The van der Waals surface area contributed by atoms with Crippen LogP contribution in [-0.2, 0) is 23.9 Å². The van der Waals surface area contributed by atoms with E-state index in [9.17, 15) is 19.2 Å². The molecule has 8 heteroatoms. The van der Waals surface area contributed by atoms with Crippen molar-refractivity contribution >= 4 is 23.8 Å². The number of carbonyl (C=O) groups is 4. The van der Waals surface area contributed by atoms with Crippen LogP contribution in [0.4, 0.5) is 4.79 Å². The van der Waals surface area contributed by atoms with Crippen LogP contribution in [0.3, 0.4) is 0 Å². The number of nitrogens with zero attached hydrogens (tertiary/aromatic N) is 1. The molecule has 0 radical (unpaired) electrons. The number of unbranched alkanes of at least 4 members (excludes halogenated alkanes) is 1. The summed E-state index contributed by atoms with van der Waals surface area (Å²) in [7, 11) is 0. The number of amides is 2. The zero-order valence-corrected chi connectivity index (χ0v) is 17.3. The highest BCUT2D eigenvalue weighted by atomic mass is 16.6. The first kappa shape index (κ1) is 22.2.